The normalized spacial score (nSPS) is 18.1. The maximum absolute atomic E-state index is 13.1. The van der Waals surface area contributed by atoms with Crippen molar-refractivity contribution < 1.29 is 13.9 Å². The number of halogens is 2. The lowest BCUT2D eigenvalue weighted by molar-refractivity contribution is -0.141. The number of nitrogens with zero attached hydrogens (tertiary/aromatic N) is 4. The highest BCUT2D eigenvalue weighted by atomic mass is 32.1. The van der Waals surface area contributed by atoms with E-state index in [2.05, 4.69) is 19.9 Å². The molecule has 27 heavy (non-hydrogen) atoms. The van der Waals surface area contributed by atoms with Gasteiger partial charge in [0, 0.05) is 54.2 Å². The molecule has 4 rings (SSSR count). The van der Waals surface area contributed by atoms with Gasteiger partial charge in [-0.2, -0.15) is 0 Å². The number of nitrogens with two attached hydrogens (primary N) is 1. The molecule has 0 saturated heterocycles. The number of fused-ring (bicyclic) bond motifs is 1. The Morgan fingerprint density at radius 3 is 2.81 bits per heavy atom. The van der Waals surface area contributed by atoms with Gasteiger partial charge in [-0.3, -0.25) is 4.99 Å². The molecule has 0 radical (unpaired) electrons. The Labute approximate surface area is 157 Å². The number of rotatable bonds is 4. The summed E-state index contributed by atoms with van der Waals surface area (Å²) in [5, 5.41) is 10.4. The maximum atomic E-state index is 13.1. The molecule has 1 atom stereocenters. The summed E-state index contributed by atoms with van der Waals surface area (Å²) in [6.07, 6.45) is 3.36. The number of alkyl halides is 2. The van der Waals surface area contributed by atoms with Crippen LogP contribution < -0.4 is 5.73 Å². The van der Waals surface area contributed by atoms with Crippen LogP contribution in [0.2, 0.25) is 0 Å². The number of aliphatic hydroxyl groups excluding tert-OH is 1. The van der Waals surface area contributed by atoms with Gasteiger partial charge >= 0.3 is 0 Å². The van der Waals surface area contributed by atoms with Gasteiger partial charge < -0.3 is 10.8 Å². The Hall–Kier alpha value is -2.52. The lowest BCUT2D eigenvalue weighted by Crippen LogP contribution is -2.38. The van der Waals surface area contributed by atoms with Crippen molar-refractivity contribution in [1.82, 2.24) is 15.0 Å². The van der Waals surface area contributed by atoms with Crippen LogP contribution >= 0.6 is 11.3 Å². The van der Waals surface area contributed by atoms with E-state index in [1.54, 1.807) is 31.7 Å². The van der Waals surface area contributed by atoms with Crippen LogP contribution in [0.1, 0.15) is 29.4 Å². The first-order chi connectivity index (χ1) is 12.9. The first-order valence-electron chi connectivity index (χ1n) is 8.37. The highest BCUT2D eigenvalue weighted by Crippen LogP contribution is 2.49. The topological polar surface area (TPSA) is 97.3 Å². The van der Waals surface area contributed by atoms with E-state index >= 15 is 0 Å². The SMILES string of the molecule is CN=Cc1cc(-c2cnc3sc(C(O)C4CC(F)(F)C4)cc3n2)cnc1N. The molecule has 0 aromatic carbocycles. The number of nitrogen functional groups attached to an aromatic ring is 1. The quantitative estimate of drug-likeness (QED) is 0.666. The summed E-state index contributed by atoms with van der Waals surface area (Å²) in [5.74, 6) is -2.71. The van der Waals surface area contributed by atoms with Crippen LogP contribution in [-0.2, 0) is 0 Å². The van der Waals surface area contributed by atoms with Crippen LogP contribution in [0, 0.1) is 5.92 Å². The second kappa shape index (κ2) is 6.58. The summed E-state index contributed by atoms with van der Waals surface area (Å²) in [6.45, 7) is 0. The first-order valence-corrected chi connectivity index (χ1v) is 9.18. The second-order valence-electron chi connectivity index (χ2n) is 6.65. The van der Waals surface area contributed by atoms with Crippen molar-refractivity contribution in [2.45, 2.75) is 24.9 Å². The van der Waals surface area contributed by atoms with Gasteiger partial charge in [-0.05, 0) is 12.1 Å². The van der Waals surface area contributed by atoms with E-state index in [0.29, 0.717) is 32.3 Å². The van der Waals surface area contributed by atoms with Crippen molar-refractivity contribution in [3.63, 3.8) is 0 Å². The van der Waals surface area contributed by atoms with Crippen LogP contribution in [0.3, 0.4) is 0 Å². The molecule has 1 fully saturated rings. The molecule has 9 heteroatoms. The minimum atomic E-state index is -2.66. The van der Waals surface area contributed by atoms with E-state index in [9.17, 15) is 13.9 Å². The van der Waals surface area contributed by atoms with E-state index < -0.39 is 17.9 Å². The molecule has 1 aliphatic rings. The third-order valence-corrected chi connectivity index (χ3v) is 5.73. The third-order valence-electron chi connectivity index (χ3n) is 4.63. The molecule has 0 amide bonds. The molecule has 6 nitrogen and oxygen atoms in total. The Morgan fingerprint density at radius 1 is 1.33 bits per heavy atom. The Balaban J connectivity index is 1.64. The molecule has 3 heterocycles. The average molecular weight is 389 g/mol. The highest BCUT2D eigenvalue weighted by Gasteiger charge is 2.48. The summed E-state index contributed by atoms with van der Waals surface area (Å²) in [5.41, 5.74) is 8.47. The van der Waals surface area contributed by atoms with Crippen molar-refractivity contribution in [3.8, 4) is 11.3 Å². The molecule has 1 aliphatic carbocycles. The third kappa shape index (κ3) is 3.40. The summed E-state index contributed by atoms with van der Waals surface area (Å²) in [7, 11) is 1.65. The monoisotopic (exact) mass is 389 g/mol. The minimum Gasteiger partial charge on any atom is -0.387 e. The summed E-state index contributed by atoms with van der Waals surface area (Å²) in [4.78, 5) is 18.3. The van der Waals surface area contributed by atoms with E-state index in [1.807, 2.05) is 6.07 Å². The van der Waals surface area contributed by atoms with E-state index in [4.69, 9.17) is 5.73 Å². The Morgan fingerprint density at radius 2 is 2.11 bits per heavy atom. The summed E-state index contributed by atoms with van der Waals surface area (Å²) in [6, 6.07) is 3.54. The fourth-order valence-electron chi connectivity index (χ4n) is 3.16. The molecule has 3 N–H and O–H groups in total. The van der Waals surface area contributed by atoms with Gasteiger partial charge in [-0.25, -0.2) is 23.7 Å². The number of aliphatic imine (C=N–C) groups is 1. The highest BCUT2D eigenvalue weighted by molar-refractivity contribution is 7.18. The lowest BCUT2D eigenvalue weighted by Gasteiger charge is -2.37. The zero-order valence-corrected chi connectivity index (χ0v) is 15.2. The van der Waals surface area contributed by atoms with Crippen LogP contribution in [0.25, 0.3) is 21.6 Å². The predicted octanol–water partition coefficient (Wildman–Crippen LogP) is 3.46. The maximum Gasteiger partial charge on any atom is 0.248 e. The zero-order chi connectivity index (χ0) is 19.2. The first kappa shape index (κ1) is 17.9. The number of hydrogen-bond acceptors (Lipinski definition) is 7. The van der Waals surface area contributed by atoms with E-state index in [1.165, 1.54) is 11.3 Å². The Kier molecular flexibility index (Phi) is 4.35. The van der Waals surface area contributed by atoms with E-state index in [-0.39, 0.29) is 12.8 Å². The van der Waals surface area contributed by atoms with Gasteiger partial charge in [-0.1, -0.05) is 0 Å². The molecular formula is C18H17F2N5OS. The Bertz CT molecular complexity index is 1030. The van der Waals surface area contributed by atoms with Crippen LogP contribution in [0.4, 0.5) is 14.6 Å². The largest absolute Gasteiger partial charge is 0.387 e. The van der Waals surface area contributed by atoms with Gasteiger partial charge in [0.25, 0.3) is 0 Å². The van der Waals surface area contributed by atoms with Crippen molar-refractivity contribution in [2.24, 2.45) is 10.9 Å². The van der Waals surface area contributed by atoms with Gasteiger partial charge in [0.05, 0.1) is 18.0 Å². The van der Waals surface area contributed by atoms with Crippen LogP contribution in [0.15, 0.2) is 29.5 Å². The predicted molar refractivity (Wildman–Crippen MR) is 101 cm³/mol. The summed E-state index contributed by atoms with van der Waals surface area (Å²) >= 11 is 1.28. The summed E-state index contributed by atoms with van der Waals surface area (Å²) < 4.78 is 26.1. The van der Waals surface area contributed by atoms with Gasteiger partial charge in [0.15, 0.2) is 0 Å². The van der Waals surface area contributed by atoms with Crippen molar-refractivity contribution in [1.29, 1.82) is 0 Å². The zero-order valence-electron chi connectivity index (χ0n) is 14.4. The standard InChI is InChI=1S/C18H17F2N5OS/c1-22-6-10-2-9(7-23-16(10)21)13-8-24-17-12(25-13)3-14(27-17)15(26)11-4-18(19,20)5-11/h2-3,6-8,11,15,26H,4-5H2,1H3,(H2,21,23). The van der Waals surface area contributed by atoms with Crippen molar-refractivity contribution in [2.75, 3.05) is 12.8 Å². The second-order valence-corrected chi connectivity index (χ2v) is 7.71. The number of anilines is 1. The smallest absolute Gasteiger partial charge is 0.248 e. The van der Waals surface area contributed by atoms with E-state index in [0.717, 1.165) is 5.56 Å². The molecule has 0 bridgehead atoms. The molecule has 3 aromatic heterocycles. The number of aliphatic hydroxyl groups is 1. The lowest BCUT2D eigenvalue weighted by atomic mass is 9.77. The fraction of sp³-hybridized carbons (Fsp3) is 0.333. The van der Waals surface area contributed by atoms with Gasteiger partial charge in [-0.15, -0.1) is 11.3 Å². The molecular weight excluding hydrogens is 372 g/mol. The molecule has 1 unspecified atom stereocenters. The van der Waals surface area contributed by atoms with Crippen molar-refractivity contribution in [3.05, 3.63) is 35.0 Å². The fourth-order valence-corrected chi connectivity index (χ4v) is 4.19. The molecule has 0 aliphatic heterocycles. The number of pyridine rings is 1. The van der Waals surface area contributed by atoms with Crippen LogP contribution in [-0.4, -0.2) is 39.2 Å². The molecule has 1 saturated carbocycles. The molecule has 0 spiro atoms. The van der Waals surface area contributed by atoms with Gasteiger partial charge in [0.2, 0.25) is 5.92 Å². The minimum absolute atomic E-state index is 0.284. The van der Waals surface area contributed by atoms with Crippen molar-refractivity contribution >= 4 is 33.7 Å². The molecule has 3 aromatic rings. The number of aromatic nitrogens is 3. The average Bonchev–Trinajstić information content (AvgIpc) is 3.04. The van der Waals surface area contributed by atoms with Gasteiger partial charge in [0.1, 0.15) is 16.2 Å². The molecule has 140 valence electrons. The number of hydrogen-bond donors (Lipinski definition) is 2. The number of thiophene rings is 1. The van der Waals surface area contributed by atoms with Crippen LogP contribution in [0.5, 0.6) is 0 Å².